The topological polar surface area (TPSA) is 38.0 Å². The Bertz CT molecular complexity index is 547. The number of halogens is 2. The number of hydrogen-bond donors (Lipinski definition) is 2. The third-order valence-corrected chi connectivity index (χ3v) is 3.47. The van der Waals surface area contributed by atoms with Crippen molar-refractivity contribution in [1.29, 1.82) is 0 Å². The maximum absolute atomic E-state index is 6.15. The van der Waals surface area contributed by atoms with E-state index in [1.165, 1.54) is 0 Å². The summed E-state index contributed by atoms with van der Waals surface area (Å²) in [6, 6.07) is 11.4. The van der Waals surface area contributed by atoms with E-state index in [4.69, 9.17) is 28.9 Å². The Kier molecular flexibility index (Phi) is 4.00. The fourth-order valence-corrected chi connectivity index (χ4v) is 2.26. The summed E-state index contributed by atoms with van der Waals surface area (Å²) in [6.07, 6.45) is 0. The highest BCUT2D eigenvalue weighted by Crippen LogP contribution is 2.27. The summed E-state index contributed by atoms with van der Waals surface area (Å²) < 4.78 is 0. The summed E-state index contributed by atoms with van der Waals surface area (Å²) in [5.74, 6) is 0. The molecule has 0 saturated heterocycles. The zero-order chi connectivity index (χ0) is 13.1. The minimum absolute atomic E-state index is 0.574. The van der Waals surface area contributed by atoms with Crippen molar-refractivity contribution in [3.05, 3.63) is 57.6 Å². The molecule has 94 valence electrons. The van der Waals surface area contributed by atoms with Gasteiger partial charge in [-0.1, -0.05) is 47.5 Å². The Morgan fingerprint density at radius 1 is 1.06 bits per heavy atom. The van der Waals surface area contributed by atoms with Gasteiger partial charge >= 0.3 is 0 Å². The van der Waals surface area contributed by atoms with Crippen LogP contribution in [0.25, 0.3) is 0 Å². The SMILES string of the molecule is Cc1cccc(Cl)c1NCc1cccc(Cl)c1N. The number of aryl methyl sites for hydroxylation is 1. The summed E-state index contributed by atoms with van der Waals surface area (Å²) in [5.41, 5.74) is 9.51. The first-order valence-corrected chi connectivity index (χ1v) is 6.37. The fourth-order valence-electron chi connectivity index (χ4n) is 1.78. The third kappa shape index (κ3) is 2.71. The van der Waals surface area contributed by atoms with Crippen LogP contribution in [0.2, 0.25) is 10.0 Å². The van der Waals surface area contributed by atoms with E-state index in [-0.39, 0.29) is 0 Å². The maximum Gasteiger partial charge on any atom is 0.0640 e. The van der Waals surface area contributed by atoms with E-state index >= 15 is 0 Å². The molecule has 0 spiro atoms. The Morgan fingerprint density at radius 2 is 1.72 bits per heavy atom. The van der Waals surface area contributed by atoms with Gasteiger partial charge in [0.25, 0.3) is 0 Å². The molecule has 0 saturated carbocycles. The number of nitrogens with two attached hydrogens (primary N) is 1. The molecule has 0 aliphatic rings. The van der Waals surface area contributed by atoms with Crippen molar-refractivity contribution in [3.8, 4) is 0 Å². The molecule has 0 amide bonds. The molecule has 2 aromatic carbocycles. The molecule has 0 fully saturated rings. The number of anilines is 2. The molecule has 3 N–H and O–H groups in total. The van der Waals surface area contributed by atoms with Gasteiger partial charge < -0.3 is 11.1 Å². The van der Waals surface area contributed by atoms with Gasteiger partial charge in [-0.15, -0.1) is 0 Å². The molecular formula is C14H14Cl2N2. The van der Waals surface area contributed by atoms with Crippen molar-refractivity contribution < 1.29 is 0 Å². The number of rotatable bonds is 3. The van der Waals surface area contributed by atoms with Crippen LogP contribution in [0.15, 0.2) is 36.4 Å². The van der Waals surface area contributed by atoms with Gasteiger partial charge in [0.2, 0.25) is 0 Å². The van der Waals surface area contributed by atoms with Crippen LogP contribution in [0.4, 0.5) is 11.4 Å². The predicted octanol–water partition coefficient (Wildman–Crippen LogP) is 4.50. The van der Waals surface area contributed by atoms with Crippen LogP contribution in [-0.4, -0.2) is 0 Å². The Morgan fingerprint density at radius 3 is 2.44 bits per heavy atom. The van der Waals surface area contributed by atoms with Crippen molar-refractivity contribution in [1.82, 2.24) is 0 Å². The van der Waals surface area contributed by atoms with Gasteiger partial charge in [-0.3, -0.25) is 0 Å². The van der Waals surface area contributed by atoms with E-state index < -0.39 is 0 Å². The molecular weight excluding hydrogens is 267 g/mol. The van der Waals surface area contributed by atoms with E-state index in [1.807, 2.05) is 37.3 Å². The van der Waals surface area contributed by atoms with Gasteiger partial charge in [-0.05, 0) is 30.2 Å². The van der Waals surface area contributed by atoms with Crippen molar-refractivity contribution in [3.63, 3.8) is 0 Å². The molecule has 0 aromatic heterocycles. The van der Waals surface area contributed by atoms with E-state index in [9.17, 15) is 0 Å². The van der Waals surface area contributed by atoms with Gasteiger partial charge in [0.15, 0.2) is 0 Å². The molecule has 0 bridgehead atoms. The monoisotopic (exact) mass is 280 g/mol. The minimum atomic E-state index is 0.574. The highest BCUT2D eigenvalue weighted by molar-refractivity contribution is 6.33. The van der Waals surface area contributed by atoms with Gasteiger partial charge in [-0.2, -0.15) is 0 Å². The summed E-state index contributed by atoms with van der Waals surface area (Å²) in [4.78, 5) is 0. The van der Waals surface area contributed by atoms with Gasteiger partial charge in [0.1, 0.15) is 0 Å². The first kappa shape index (κ1) is 13.1. The first-order chi connectivity index (χ1) is 8.59. The largest absolute Gasteiger partial charge is 0.397 e. The molecule has 2 aromatic rings. The van der Waals surface area contributed by atoms with E-state index in [1.54, 1.807) is 6.07 Å². The normalized spacial score (nSPS) is 10.4. The van der Waals surface area contributed by atoms with Crippen LogP contribution in [0.1, 0.15) is 11.1 Å². The Hall–Kier alpha value is -1.38. The van der Waals surface area contributed by atoms with Crippen LogP contribution in [0.3, 0.4) is 0 Å². The van der Waals surface area contributed by atoms with Crippen molar-refractivity contribution >= 4 is 34.6 Å². The molecule has 2 rings (SSSR count). The lowest BCUT2D eigenvalue weighted by Gasteiger charge is -2.13. The van der Waals surface area contributed by atoms with Crippen molar-refractivity contribution in [2.45, 2.75) is 13.5 Å². The average molecular weight is 281 g/mol. The number of nitrogen functional groups attached to an aromatic ring is 1. The van der Waals surface area contributed by atoms with Gasteiger partial charge in [0, 0.05) is 6.54 Å². The Balaban J connectivity index is 2.19. The maximum atomic E-state index is 6.15. The quantitative estimate of drug-likeness (QED) is 0.813. The fraction of sp³-hybridized carbons (Fsp3) is 0.143. The van der Waals surface area contributed by atoms with Gasteiger partial charge in [-0.25, -0.2) is 0 Å². The van der Waals surface area contributed by atoms with E-state index in [0.717, 1.165) is 16.8 Å². The third-order valence-electron chi connectivity index (χ3n) is 2.82. The Labute approximate surface area is 117 Å². The van der Waals surface area contributed by atoms with Gasteiger partial charge in [0.05, 0.1) is 21.4 Å². The highest BCUT2D eigenvalue weighted by atomic mass is 35.5. The summed E-state index contributed by atoms with van der Waals surface area (Å²) in [5, 5.41) is 4.57. The lowest BCUT2D eigenvalue weighted by molar-refractivity contribution is 1.14. The lowest BCUT2D eigenvalue weighted by atomic mass is 10.1. The predicted molar refractivity (Wildman–Crippen MR) is 79.4 cm³/mol. The highest BCUT2D eigenvalue weighted by Gasteiger charge is 2.06. The standard InChI is InChI=1S/C14H14Cl2N2/c1-9-4-2-7-12(16)14(9)18-8-10-5-3-6-11(15)13(10)17/h2-7,18H,8,17H2,1H3. The second-order valence-corrected chi connectivity index (χ2v) is 4.91. The summed E-state index contributed by atoms with van der Waals surface area (Å²) in [7, 11) is 0. The van der Waals surface area contributed by atoms with Crippen LogP contribution in [0.5, 0.6) is 0 Å². The molecule has 4 heteroatoms. The molecule has 0 heterocycles. The molecule has 0 radical (unpaired) electrons. The van der Waals surface area contributed by atoms with Crippen molar-refractivity contribution in [2.75, 3.05) is 11.1 Å². The number of para-hydroxylation sites is 2. The molecule has 18 heavy (non-hydrogen) atoms. The number of benzene rings is 2. The van der Waals surface area contributed by atoms with Crippen LogP contribution in [-0.2, 0) is 6.54 Å². The minimum Gasteiger partial charge on any atom is -0.397 e. The van der Waals surface area contributed by atoms with Crippen LogP contribution < -0.4 is 11.1 Å². The molecule has 0 aliphatic carbocycles. The first-order valence-electron chi connectivity index (χ1n) is 5.61. The van der Waals surface area contributed by atoms with Crippen LogP contribution >= 0.6 is 23.2 Å². The zero-order valence-electron chi connectivity index (χ0n) is 10.0. The molecule has 0 atom stereocenters. The summed E-state index contributed by atoms with van der Waals surface area (Å²) in [6.45, 7) is 2.60. The summed E-state index contributed by atoms with van der Waals surface area (Å²) >= 11 is 12.1. The van der Waals surface area contributed by atoms with E-state index in [2.05, 4.69) is 5.32 Å². The smallest absolute Gasteiger partial charge is 0.0640 e. The molecule has 0 aliphatic heterocycles. The zero-order valence-corrected chi connectivity index (χ0v) is 11.5. The molecule has 0 unspecified atom stereocenters. The second kappa shape index (κ2) is 5.51. The lowest BCUT2D eigenvalue weighted by Crippen LogP contribution is -2.04. The van der Waals surface area contributed by atoms with Crippen LogP contribution in [0, 0.1) is 6.92 Å². The van der Waals surface area contributed by atoms with Crippen molar-refractivity contribution in [2.24, 2.45) is 0 Å². The number of nitrogens with one attached hydrogen (secondary N) is 1. The average Bonchev–Trinajstić information content (AvgIpc) is 2.33. The second-order valence-electron chi connectivity index (χ2n) is 4.10. The van der Waals surface area contributed by atoms with E-state index in [0.29, 0.717) is 22.3 Å². The number of hydrogen-bond acceptors (Lipinski definition) is 2. The molecule has 2 nitrogen and oxygen atoms in total.